The number of cyclic esters (lactones) is 1. The van der Waals surface area contributed by atoms with Crippen LogP contribution in [0.4, 0.5) is 8.78 Å². The van der Waals surface area contributed by atoms with E-state index in [1.54, 1.807) is 31.2 Å². The molecule has 3 aromatic carbocycles. The summed E-state index contributed by atoms with van der Waals surface area (Å²) in [6.07, 6.45) is 6.43. The predicted molar refractivity (Wildman–Crippen MR) is 155 cm³/mol. The Bertz CT molecular complexity index is 1400. The first-order chi connectivity index (χ1) is 19.7. The van der Waals surface area contributed by atoms with Crippen LogP contribution in [0.25, 0.3) is 6.08 Å². The summed E-state index contributed by atoms with van der Waals surface area (Å²) < 4.78 is 46.5. The number of ketones is 1. The van der Waals surface area contributed by atoms with Crippen molar-refractivity contribution in [2.24, 2.45) is 0 Å². The SMILES string of the molecule is CC1CCCC(=O)CCCC=Cc2cc(OCc3c(F)cccc3Cl)cc(OCc3c(F)cccc3Cl)c2C(=O)O1. The summed E-state index contributed by atoms with van der Waals surface area (Å²) in [5.74, 6) is -1.19. The molecule has 1 unspecified atom stereocenters. The molecule has 9 heteroatoms. The highest BCUT2D eigenvalue weighted by atomic mass is 35.5. The number of rotatable bonds is 6. The summed E-state index contributed by atoms with van der Waals surface area (Å²) in [5, 5.41) is 0.384. The molecule has 216 valence electrons. The molecule has 0 saturated carbocycles. The fourth-order valence-corrected chi connectivity index (χ4v) is 4.88. The average molecular weight is 603 g/mol. The van der Waals surface area contributed by atoms with Gasteiger partial charge in [-0.05, 0) is 68.5 Å². The molecule has 41 heavy (non-hydrogen) atoms. The van der Waals surface area contributed by atoms with Gasteiger partial charge < -0.3 is 14.2 Å². The molecule has 4 rings (SSSR count). The molecule has 0 aliphatic carbocycles. The predicted octanol–water partition coefficient (Wildman–Crippen LogP) is 8.91. The fraction of sp³-hybridized carbons (Fsp3) is 0.312. The zero-order valence-corrected chi connectivity index (χ0v) is 24.1. The molecule has 0 amide bonds. The first kappa shape index (κ1) is 30.5. The van der Waals surface area contributed by atoms with Crippen molar-refractivity contribution >= 4 is 41.0 Å². The number of fused-ring (bicyclic) bond motifs is 1. The number of esters is 1. The lowest BCUT2D eigenvalue weighted by Gasteiger charge is -2.19. The lowest BCUT2D eigenvalue weighted by Crippen LogP contribution is -2.18. The number of hydrogen-bond donors (Lipinski definition) is 0. The van der Waals surface area contributed by atoms with Gasteiger partial charge in [0.2, 0.25) is 0 Å². The van der Waals surface area contributed by atoms with Gasteiger partial charge in [0.05, 0.1) is 16.1 Å². The summed E-state index contributed by atoms with van der Waals surface area (Å²) in [6.45, 7) is 1.31. The summed E-state index contributed by atoms with van der Waals surface area (Å²) in [7, 11) is 0. The summed E-state index contributed by atoms with van der Waals surface area (Å²) in [6, 6.07) is 11.7. The molecule has 0 aromatic heterocycles. The van der Waals surface area contributed by atoms with Crippen molar-refractivity contribution in [2.75, 3.05) is 0 Å². The molecule has 0 N–H and O–H groups in total. The Kier molecular flexibility index (Phi) is 10.8. The maximum Gasteiger partial charge on any atom is 0.342 e. The van der Waals surface area contributed by atoms with Crippen LogP contribution in [0.3, 0.4) is 0 Å². The second kappa shape index (κ2) is 14.5. The van der Waals surface area contributed by atoms with Gasteiger partial charge in [-0.25, -0.2) is 13.6 Å². The standard InChI is InChI=1S/C32H30Cl2F2O5/c1-20-8-5-11-22(37)10-4-2-3-9-21-16-23(39-18-24-26(33)12-6-14-28(24)35)17-30(31(21)32(38)41-20)40-19-25-27(34)13-7-15-29(25)36/h3,6-7,9,12-17,20H,2,4-5,8,10-11,18-19H2,1H3. The van der Waals surface area contributed by atoms with E-state index < -0.39 is 23.7 Å². The van der Waals surface area contributed by atoms with Crippen molar-refractivity contribution in [3.05, 3.63) is 98.5 Å². The van der Waals surface area contributed by atoms with E-state index in [-0.39, 0.29) is 57.2 Å². The van der Waals surface area contributed by atoms with Crippen LogP contribution in [-0.4, -0.2) is 17.9 Å². The van der Waals surface area contributed by atoms with Crippen LogP contribution in [0.15, 0.2) is 54.6 Å². The van der Waals surface area contributed by atoms with E-state index in [9.17, 15) is 18.4 Å². The number of Topliss-reactive ketones (excluding diaryl/α,β-unsaturated/α-hetero) is 1. The minimum absolute atomic E-state index is 0.0839. The van der Waals surface area contributed by atoms with Crippen LogP contribution < -0.4 is 9.47 Å². The largest absolute Gasteiger partial charge is 0.489 e. The zero-order chi connectivity index (χ0) is 29.4. The number of benzene rings is 3. The monoisotopic (exact) mass is 602 g/mol. The molecule has 0 fully saturated rings. The van der Waals surface area contributed by atoms with Crippen molar-refractivity contribution in [1.82, 2.24) is 0 Å². The highest BCUT2D eigenvalue weighted by molar-refractivity contribution is 6.31. The Morgan fingerprint density at radius 1 is 0.902 bits per heavy atom. The van der Waals surface area contributed by atoms with E-state index >= 15 is 0 Å². The number of halogens is 4. The first-order valence-corrected chi connectivity index (χ1v) is 14.2. The first-order valence-electron chi connectivity index (χ1n) is 13.4. The van der Waals surface area contributed by atoms with E-state index in [2.05, 4.69) is 0 Å². The second-order valence-corrected chi connectivity index (χ2v) is 10.6. The Labute approximate surface area is 248 Å². The fourth-order valence-electron chi connectivity index (χ4n) is 4.44. The maximum absolute atomic E-state index is 14.5. The molecule has 5 nitrogen and oxygen atoms in total. The van der Waals surface area contributed by atoms with Gasteiger partial charge in [0.25, 0.3) is 0 Å². The summed E-state index contributed by atoms with van der Waals surface area (Å²) in [5.41, 5.74) is 0.848. The third kappa shape index (κ3) is 8.30. The van der Waals surface area contributed by atoms with Gasteiger partial charge in [0.15, 0.2) is 0 Å². The molecular formula is C32H30Cl2F2O5. The van der Waals surface area contributed by atoms with Crippen molar-refractivity contribution in [1.29, 1.82) is 0 Å². The Balaban J connectivity index is 1.74. The lowest BCUT2D eigenvalue weighted by atomic mass is 10.0. The third-order valence-electron chi connectivity index (χ3n) is 6.69. The van der Waals surface area contributed by atoms with Gasteiger partial charge in [-0.1, -0.05) is 47.5 Å². The number of carbonyl (C=O) groups excluding carboxylic acids is 2. The van der Waals surface area contributed by atoms with Gasteiger partial charge in [0.1, 0.15) is 47.7 Å². The zero-order valence-electron chi connectivity index (χ0n) is 22.6. The van der Waals surface area contributed by atoms with Crippen molar-refractivity contribution in [3.63, 3.8) is 0 Å². The van der Waals surface area contributed by atoms with Crippen LogP contribution in [0.2, 0.25) is 10.0 Å². The van der Waals surface area contributed by atoms with E-state index in [0.29, 0.717) is 44.1 Å². The molecule has 1 atom stereocenters. The average Bonchev–Trinajstić information content (AvgIpc) is 2.91. The maximum atomic E-state index is 14.5. The highest BCUT2D eigenvalue weighted by Gasteiger charge is 2.24. The third-order valence-corrected chi connectivity index (χ3v) is 7.40. The molecule has 3 aromatic rings. The Morgan fingerprint density at radius 3 is 2.20 bits per heavy atom. The number of allylic oxidation sites excluding steroid dienone is 1. The van der Waals surface area contributed by atoms with Crippen LogP contribution in [0, 0.1) is 11.6 Å². The number of hydrogen-bond acceptors (Lipinski definition) is 5. The minimum Gasteiger partial charge on any atom is -0.489 e. The quantitative estimate of drug-likeness (QED) is 0.264. The van der Waals surface area contributed by atoms with Crippen LogP contribution in [0.5, 0.6) is 11.5 Å². The molecule has 0 saturated heterocycles. The Hall–Kier alpha value is -3.42. The molecule has 1 aliphatic heterocycles. The van der Waals surface area contributed by atoms with E-state index in [1.807, 2.05) is 6.08 Å². The molecule has 1 heterocycles. The summed E-state index contributed by atoms with van der Waals surface area (Å²) >= 11 is 12.4. The number of ether oxygens (including phenoxy) is 3. The van der Waals surface area contributed by atoms with E-state index in [0.717, 1.165) is 0 Å². The van der Waals surface area contributed by atoms with Gasteiger partial charge in [-0.2, -0.15) is 0 Å². The van der Waals surface area contributed by atoms with Gasteiger partial charge in [-0.3, -0.25) is 4.79 Å². The highest BCUT2D eigenvalue weighted by Crippen LogP contribution is 2.34. The molecule has 0 bridgehead atoms. The van der Waals surface area contributed by atoms with Gasteiger partial charge in [0, 0.05) is 30.0 Å². The molecule has 0 spiro atoms. The van der Waals surface area contributed by atoms with Crippen molar-refractivity contribution < 1.29 is 32.6 Å². The molecule has 1 aliphatic rings. The second-order valence-electron chi connectivity index (χ2n) is 9.80. The van der Waals surface area contributed by atoms with Gasteiger partial charge in [-0.15, -0.1) is 0 Å². The summed E-state index contributed by atoms with van der Waals surface area (Å²) in [4.78, 5) is 25.6. The number of carbonyl (C=O) groups is 2. The van der Waals surface area contributed by atoms with Gasteiger partial charge >= 0.3 is 5.97 Å². The molecular weight excluding hydrogens is 573 g/mol. The van der Waals surface area contributed by atoms with E-state index in [4.69, 9.17) is 37.4 Å². The van der Waals surface area contributed by atoms with Crippen LogP contribution in [0.1, 0.15) is 72.5 Å². The topological polar surface area (TPSA) is 61.8 Å². The van der Waals surface area contributed by atoms with E-state index in [1.165, 1.54) is 30.3 Å². The van der Waals surface area contributed by atoms with Crippen molar-refractivity contribution in [2.45, 2.75) is 64.8 Å². The normalized spacial score (nSPS) is 16.5. The lowest BCUT2D eigenvalue weighted by molar-refractivity contribution is -0.119. The minimum atomic E-state index is -0.640. The Morgan fingerprint density at radius 2 is 1.54 bits per heavy atom. The smallest absolute Gasteiger partial charge is 0.342 e. The van der Waals surface area contributed by atoms with Crippen LogP contribution in [-0.2, 0) is 22.7 Å². The van der Waals surface area contributed by atoms with Crippen LogP contribution >= 0.6 is 23.2 Å². The molecule has 0 radical (unpaired) electrons. The van der Waals surface area contributed by atoms with Crippen molar-refractivity contribution in [3.8, 4) is 11.5 Å².